The van der Waals surface area contributed by atoms with Crippen molar-refractivity contribution >= 4 is 0 Å². The third-order valence-corrected chi connectivity index (χ3v) is 1.05. The quantitative estimate of drug-likeness (QED) is 0.384. The fraction of sp³-hybridized carbons (Fsp3) is 0.600. The molecule has 46 valence electrons. The lowest BCUT2D eigenvalue weighted by Gasteiger charge is -1.99. The zero-order valence-corrected chi connectivity index (χ0v) is 4.68. The maximum Gasteiger partial charge on any atom is 0.107 e. The molecule has 0 saturated carbocycles. The molecule has 3 N–H and O–H groups in total. The highest BCUT2D eigenvalue weighted by molar-refractivity contribution is 4.99. The van der Waals surface area contributed by atoms with Gasteiger partial charge >= 0.3 is 0 Å². The Morgan fingerprint density at radius 2 is 2.75 bits per heavy atom. The van der Waals surface area contributed by atoms with Crippen molar-refractivity contribution < 1.29 is 4.74 Å². The highest BCUT2D eigenvalue weighted by atomic mass is 16.5. The fourth-order valence-corrected chi connectivity index (χ4v) is 0.693. The van der Waals surface area contributed by atoms with Gasteiger partial charge in [-0.2, -0.15) is 0 Å². The first-order valence-corrected chi connectivity index (χ1v) is 2.69. The van der Waals surface area contributed by atoms with Crippen LogP contribution in [0.1, 0.15) is 6.42 Å². The summed E-state index contributed by atoms with van der Waals surface area (Å²) in [6.45, 7) is 1.47. The summed E-state index contributed by atoms with van der Waals surface area (Å²) in [6.07, 6.45) is 3.07. The third kappa shape index (κ3) is 1.21. The van der Waals surface area contributed by atoms with Gasteiger partial charge in [0.25, 0.3) is 0 Å². The largest absolute Gasteiger partial charge is 0.497 e. The van der Waals surface area contributed by atoms with Gasteiger partial charge in [-0.15, -0.1) is 0 Å². The number of nitrogens with two attached hydrogens (primary N) is 1. The van der Waals surface area contributed by atoms with Crippen molar-refractivity contribution in [1.29, 1.82) is 0 Å². The van der Waals surface area contributed by atoms with Crippen LogP contribution in [0.15, 0.2) is 11.8 Å². The molecule has 1 aliphatic rings. The molecular formula is C5H10N2O. The van der Waals surface area contributed by atoms with Crippen molar-refractivity contribution in [1.82, 2.24) is 5.43 Å². The number of hydrazine groups is 1. The van der Waals surface area contributed by atoms with E-state index in [0.717, 1.165) is 18.8 Å². The molecule has 0 aromatic rings. The van der Waals surface area contributed by atoms with Crippen molar-refractivity contribution in [3.8, 4) is 0 Å². The predicted octanol–water partition coefficient (Wildman–Crippen LogP) is -0.246. The second-order valence-electron chi connectivity index (χ2n) is 1.69. The zero-order chi connectivity index (χ0) is 5.82. The first-order valence-electron chi connectivity index (χ1n) is 2.69. The number of ether oxygens (including phenoxy) is 1. The van der Waals surface area contributed by atoms with Gasteiger partial charge in [0.1, 0.15) is 5.76 Å². The molecule has 0 unspecified atom stereocenters. The SMILES string of the molecule is NNCC1=CCCO1. The molecule has 0 spiro atoms. The molecular weight excluding hydrogens is 104 g/mol. The Bertz CT molecular complexity index is 101. The minimum Gasteiger partial charge on any atom is -0.497 e. The first-order chi connectivity index (χ1) is 3.93. The summed E-state index contributed by atoms with van der Waals surface area (Å²) in [5, 5.41) is 0. The van der Waals surface area contributed by atoms with E-state index in [1.807, 2.05) is 6.08 Å². The molecule has 3 heteroatoms. The van der Waals surface area contributed by atoms with E-state index in [0.29, 0.717) is 6.54 Å². The highest BCUT2D eigenvalue weighted by Crippen LogP contribution is 2.06. The molecule has 0 fully saturated rings. The molecule has 0 radical (unpaired) electrons. The van der Waals surface area contributed by atoms with Crippen LogP contribution in [0.2, 0.25) is 0 Å². The van der Waals surface area contributed by atoms with E-state index in [1.165, 1.54) is 0 Å². The monoisotopic (exact) mass is 114 g/mol. The zero-order valence-electron chi connectivity index (χ0n) is 4.68. The van der Waals surface area contributed by atoms with Crippen LogP contribution in [-0.4, -0.2) is 13.2 Å². The Kier molecular flexibility index (Phi) is 1.88. The van der Waals surface area contributed by atoms with Gasteiger partial charge in [0.15, 0.2) is 0 Å². The average molecular weight is 114 g/mol. The topological polar surface area (TPSA) is 47.3 Å². The predicted molar refractivity (Wildman–Crippen MR) is 30.8 cm³/mol. The van der Waals surface area contributed by atoms with E-state index in [2.05, 4.69) is 5.43 Å². The third-order valence-electron chi connectivity index (χ3n) is 1.05. The van der Waals surface area contributed by atoms with Crippen LogP contribution in [0.4, 0.5) is 0 Å². The van der Waals surface area contributed by atoms with Gasteiger partial charge in [0.2, 0.25) is 0 Å². The maximum absolute atomic E-state index is 5.11. The summed E-state index contributed by atoms with van der Waals surface area (Å²) in [6, 6.07) is 0. The van der Waals surface area contributed by atoms with Crippen molar-refractivity contribution in [3.05, 3.63) is 11.8 Å². The molecule has 0 aliphatic carbocycles. The lowest BCUT2D eigenvalue weighted by atomic mass is 10.4. The van der Waals surface area contributed by atoms with Crippen molar-refractivity contribution in [2.75, 3.05) is 13.2 Å². The van der Waals surface area contributed by atoms with E-state index in [1.54, 1.807) is 0 Å². The molecule has 3 nitrogen and oxygen atoms in total. The molecule has 0 bridgehead atoms. The number of hydrogen-bond acceptors (Lipinski definition) is 3. The van der Waals surface area contributed by atoms with Gasteiger partial charge in [-0.3, -0.25) is 11.3 Å². The van der Waals surface area contributed by atoms with Crippen LogP contribution in [0.25, 0.3) is 0 Å². The molecule has 1 heterocycles. The Balaban J connectivity index is 2.23. The molecule has 1 rings (SSSR count). The molecule has 0 amide bonds. The summed E-state index contributed by atoms with van der Waals surface area (Å²) >= 11 is 0. The summed E-state index contributed by atoms with van der Waals surface area (Å²) in [5.74, 6) is 6.00. The van der Waals surface area contributed by atoms with Crippen LogP contribution in [-0.2, 0) is 4.74 Å². The number of nitrogens with one attached hydrogen (secondary N) is 1. The van der Waals surface area contributed by atoms with Gasteiger partial charge in [-0.25, -0.2) is 0 Å². The van der Waals surface area contributed by atoms with E-state index in [-0.39, 0.29) is 0 Å². The van der Waals surface area contributed by atoms with E-state index in [9.17, 15) is 0 Å². The van der Waals surface area contributed by atoms with Crippen LogP contribution in [0.3, 0.4) is 0 Å². The van der Waals surface area contributed by atoms with Crippen LogP contribution < -0.4 is 11.3 Å². The minimum atomic E-state index is 0.653. The van der Waals surface area contributed by atoms with Crippen LogP contribution >= 0.6 is 0 Å². The smallest absolute Gasteiger partial charge is 0.107 e. The summed E-state index contributed by atoms with van der Waals surface area (Å²) in [5.41, 5.74) is 2.52. The normalized spacial score (nSPS) is 17.9. The van der Waals surface area contributed by atoms with Crippen LogP contribution in [0, 0.1) is 0 Å². The Morgan fingerprint density at radius 1 is 1.88 bits per heavy atom. The number of rotatable bonds is 2. The first kappa shape index (κ1) is 5.59. The van der Waals surface area contributed by atoms with Gasteiger partial charge in [0.05, 0.1) is 13.2 Å². The van der Waals surface area contributed by atoms with Gasteiger partial charge in [-0.1, -0.05) is 0 Å². The Morgan fingerprint density at radius 3 is 3.25 bits per heavy atom. The lowest BCUT2D eigenvalue weighted by Crippen LogP contribution is -2.24. The van der Waals surface area contributed by atoms with Crippen molar-refractivity contribution in [2.24, 2.45) is 5.84 Å². The second kappa shape index (κ2) is 2.69. The van der Waals surface area contributed by atoms with Gasteiger partial charge in [0, 0.05) is 6.42 Å². The molecule has 0 aromatic carbocycles. The molecule has 8 heavy (non-hydrogen) atoms. The molecule has 0 aromatic heterocycles. The fourth-order valence-electron chi connectivity index (χ4n) is 0.693. The second-order valence-corrected chi connectivity index (χ2v) is 1.69. The Hall–Kier alpha value is -0.540. The summed E-state index contributed by atoms with van der Waals surface area (Å²) < 4.78 is 5.11. The Labute approximate surface area is 48.5 Å². The van der Waals surface area contributed by atoms with Crippen LogP contribution in [0.5, 0.6) is 0 Å². The summed E-state index contributed by atoms with van der Waals surface area (Å²) in [7, 11) is 0. The molecule has 1 aliphatic heterocycles. The molecule has 0 atom stereocenters. The van der Waals surface area contributed by atoms with Crippen molar-refractivity contribution in [3.63, 3.8) is 0 Å². The standard InChI is InChI=1S/C5H10N2O/c6-7-4-5-2-1-3-8-5/h2,7H,1,3-4,6H2. The van der Waals surface area contributed by atoms with Crippen molar-refractivity contribution in [2.45, 2.75) is 6.42 Å². The number of hydrogen-bond donors (Lipinski definition) is 2. The maximum atomic E-state index is 5.11. The van der Waals surface area contributed by atoms with Gasteiger partial charge in [-0.05, 0) is 6.08 Å². The van der Waals surface area contributed by atoms with E-state index in [4.69, 9.17) is 10.6 Å². The van der Waals surface area contributed by atoms with Gasteiger partial charge < -0.3 is 4.74 Å². The minimum absolute atomic E-state index is 0.653. The average Bonchev–Trinajstić information content (AvgIpc) is 2.19. The lowest BCUT2D eigenvalue weighted by molar-refractivity contribution is 0.237. The van der Waals surface area contributed by atoms with E-state index >= 15 is 0 Å². The summed E-state index contributed by atoms with van der Waals surface area (Å²) in [4.78, 5) is 0. The molecule has 0 saturated heterocycles. The van der Waals surface area contributed by atoms with E-state index < -0.39 is 0 Å². The highest BCUT2D eigenvalue weighted by Gasteiger charge is 2.01.